The molecule has 9 nitrogen and oxygen atoms in total. The number of amides is 1. The third-order valence-corrected chi connectivity index (χ3v) is 7.78. The fourth-order valence-electron chi connectivity index (χ4n) is 5.52. The molecule has 0 atom stereocenters. The first-order chi connectivity index (χ1) is 20.6. The fraction of sp³-hybridized carbons (Fsp3) is 0.333. The maximum Gasteiger partial charge on any atom is 0.410 e. The second-order valence-corrected chi connectivity index (χ2v) is 12.1. The number of hydrogen-bond donors (Lipinski definition) is 1. The Hall–Kier alpha value is -4.73. The van der Waals surface area contributed by atoms with Crippen LogP contribution in [0.25, 0.3) is 21.9 Å². The van der Waals surface area contributed by atoms with E-state index in [0.717, 1.165) is 28.7 Å². The van der Waals surface area contributed by atoms with Crippen LogP contribution < -0.4 is 10.2 Å². The van der Waals surface area contributed by atoms with Crippen molar-refractivity contribution in [2.45, 2.75) is 39.7 Å². The molecule has 2 aromatic heterocycles. The normalized spacial score (nSPS) is 14.0. The summed E-state index contributed by atoms with van der Waals surface area (Å²) >= 11 is 0. The molecule has 5 aromatic rings. The maximum atomic E-state index is 16.1. The Balaban J connectivity index is 1.20. The van der Waals surface area contributed by atoms with Gasteiger partial charge < -0.3 is 24.4 Å². The molecule has 3 heterocycles. The molecule has 3 aromatic carbocycles. The number of carbonyl (C=O) groups excluding carboxylic acids is 1. The molecule has 0 spiro atoms. The highest BCUT2D eigenvalue weighted by molar-refractivity contribution is 5.94. The Morgan fingerprint density at radius 1 is 0.977 bits per heavy atom. The largest absolute Gasteiger partial charge is 0.444 e. The van der Waals surface area contributed by atoms with Crippen molar-refractivity contribution in [3.63, 3.8) is 0 Å². The van der Waals surface area contributed by atoms with Gasteiger partial charge in [-0.05, 0) is 87.2 Å². The Morgan fingerprint density at radius 2 is 1.77 bits per heavy atom. The Labute approximate surface area is 250 Å². The van der Waals surface area contributed by atoms with Crippen LogP contribution in [0.4, 0.5) is 26.4 Å². The van der Waals surface area contributed by atoms with E-state index in [1.165, 1.54) is 17.5 Å². The van der Waals surface area contributed by atoms with Crippen molar-refractivity contribution in [3.8, 4) is 0 Å². The molecule has 6 rings (SSSR count). The number of hydrogen-bond acceptors (Lipinski definition) is 7. The highest BCUT2D eigenvalue weighted by Gasteiger charge is 2.27. The lowest BCUT2D eigenvalue weighted by molar-refractivity contribution is 0.0240. The topological polar surface area (TPSA) is 88.4 Å². The summed E-state index contributed by atoms with van der Waals surface area (Å²) in [7, 11) is 1.99. The average Bonchev–Trinajstić information content (AvgIpc) is 3.33. The second kappa shape index (κ2) is 11.2. The van der Waals surface area contributed by atoms with Crippen molar-refractivity contribution in [1.82, 2.24) is 24.4 Å². The zero-order valence-corrected chi connectivity index (χ0v) is 25.2. The highest BCUT2D eigenvalue weighted by Crippen LogP contribution is 2.33. The highest BCUT2D eigenvalue weighted by atomic mass is 19.1. The Morgan fingerprint density at radius 3 is 2.51 bits per heavy atom. The van der Waals surface area contributed by atoms with Gasteiger partial charge in [0.05, 0.1) is 34.0 Å². The number of aryl methyl sites for hydroxylation is 2. The minimum Gasteiger partial charge on any atom is -0.444 e. The zero-order valence-electron chi connectivity index (χ0n) is 25.2. The number of nitrogens with one attached hydrogen (secondary N) is 1. The van der Waals surface area contributed by atoms with Crippen LogP contribution in [0.1, 0.15) is 37.5 Å². The van der Waals surface area contributed by atoms with Gasteiger partial charge in [0.15, 0.2) is 5.82 Å². The minimum atomic E-state index is -0.560. The van der Waals surface area contributed by atoms with E-state index in [1.807, 2.05) is 55.7 Å². The van der Waals surface area contributed by atoms with Crippen molar-refractivity contribution < 1.29 is 13.9 Å². The van der Waals surface area contributed by atoms with Crippen LogP contribution in [0.5, 0.6) is 0 Å². The van der Waals surface area contributed by atoms with Crippen LogP contribution in [0.3, 0.4) is 0 Å². The molecule has 1 N–H and O–H groups in total. The third-order valence-electron chi connectivity index (χ3n) is 7.78. The lowest BCUT2D eigenvalue weighted by Gasteiger charge is -2.37. The van der Waals surface area contributed by atoms with Gasteiger partial charge in [-0.25, -0.2) is 24.1 Å². The number of halogens is 1. The molecule has 1 fully saturated rings. The molecule has 1 amide bonds. The Kier molecular flexibility index (Phi) is 7.37. The number of carbonyl (C=O) groups is 1. The van der Waals surface area contributed by atoms with E-state index in [0.29, 0.717) is 48.6 Å². The number of nitrogens with zero attached hydrogens (tertiary/aromatic N) is 6. The van der Waals surface area contributed by atoms with Crippen LogP contribution >= 0.6 is 0 Å². The number of ether oxygens (including phenoxy) is 1. The average molecular weight is 582 g/mol. The smallest absolute Gasteiger partial charge is 0.410 e. The van der Waals surface area contributed by atoms with Crippen LogP contribution in [-0.4, -0.2) is 62.3 Å². The molecular weight excluding hydrogens is 545 g/mol. The SMILES string of the molecule is Cc1cc(Nc2ncnc3ccc(N4CCN(C(=O)OC(C)(C)C)CC4)c(F)c23)ccc1Cc1ccc2c(c1)ncn2C. The van der Waals surface area contributed by atoms with E-state index in [-0.39, 0.29) is 11.9 Å². The van der Waals surface area contributed by atoms with E-state index < -0.39 is 5.60 Å². The van der Waals surface area contributed by atoms with Gasteiger partial charge in [0, 0.05) is 38.9 Å². The van der Waals surface area contributed by atoms with Gasteiger partial charge in [0.2, 0.25) is 0 Å². The second-order valence-electron chi connectivity index (χ2n) is 12.1. The molecule has 0 aliphatic carbocycles. The molecule has 1 aliphatic heterocycles. The van der Waals surface area contributed by atoms with E-state index in [4.69, 9.17) is 4.74 Å². The molecule has 10 heteroatoms. The lowest BCUT2D eigenvalue weighted by atomic mass is 9.99. The quantitative estimate of drug-likeness (QED) is 0.259. The van der Waals surface area contributed by atoms with Crippen molar-refractivity contribution >= 4 is 45.2 Å². The molecule has 1 saturated heterocycles. The van der Waals surface area contributed by atoms with Gasteiger partial charge in [0.1, 0.15) is 17.7 Å². The van der Waals surface area contributed by atoms with Gasteiger partial charge in [-0.15, -0.1) is 0 Å². The summed E-state index contributed by atoms with van der Waals surface area (Å²) in [6.07, 6.45) is 3.71. The van der Waals surface area contributed by atoms with Crippen LogP contribution in [0.2, 0.25) is 0 Å². The molecule has 0 saturated carbocycles. The van der Waals surface area contributed by atoms with Gasteiger partial charge in [-0.3, -0.25) is 0 Å². The lowest BCUT2D eigenvalue weighted by Crippen LogP contribution is -2.50. The summed E-state index contributed by atoms with van der Waals surface area (Å²) < 4.78 is 23.6. The van der Waals surface area contributed by atoms with E-state index in [2.05, 4.69) is 57.5 Å². The molecule has 0 unspecified atom stereocenters. The number of fused-ring (bicyclic) bond motifs is 2. The number of benzene rings is 3. The van der Waals surface area contributed by atoms with Crippen LogP contribution in [-0.2, 0) is 18.2 Å². The zero-order chi connectivity index (χ0) is 30.3. The number of imidazole rings is 1. The number of anilines is 3. The summed E-state index contributed by atoms with van der Waals surface area (Å²) in [6.45, 7) is 9.50. The van der Waals surface area contributed by atoms with Crippen molar-refractivity contribution in [1.29, 1.82) is 0 Å². The molecule has 1 aliphatic rings. The molecule has 222 valence electrons. The summed E-state index contributed by atoms with van der Waals surface area (Å²) in [4.78, 5) is 29.3. The predicted molar refractivity (Wildman–Crippen MR) is 167 cm³/mol. The van der Waals surface area contributed by atoms with E-state index in [1.54, 1.807) is 11.0 Å². The van der Waals surface area contributed by atoms with Gasteiger partial charge >= 0.3 is 6.09 Å². The van der Waals surface area contributed by atoms with Gasteiger partial charge in [-0.1, -0.05) is 12.1 Å². The summed E-state index contributed by atoms with van der Waals surface area (Å²) in [5.41, 5.74) is 6.84. The maximum absolute atomic E-state index is 16.1. The number of piperazine rings is 1. The van der Waals surface area contributed by atoms with Gasteiger partial charge in [-0.2, -0.15) is 0 Å². The molecule has 0 radical (unpaired) electrons. The number of aromatic nitrogens is 4. The van der Waals surface area contributed by atoms with Crippen LogP contribution in [0.15, 0.2) is 61.2 Å². The minimum absolute atomic E-state index is 0.333. The first-order valence-electron chi connectivity index (χ1n) is 14.5. The summed E-state index contributed by atoms with van der Waals surface area (Å²) in [6, 6.07) is 16.1. The Bertz CT molecular complexity index is 1820. The monoisotopic (exact) mass is 581 g/mol. The predicted octanol–water partition coefficient (Wildman–Crippen LogP) is 6.36. The van der Waals surface area contributed by atoms with Crippen molar-refractivity contribution in [2.75, 3.05) is 36.4 Å². The van der Waals surface area contributed by atoms with Crippen molar-refractivity contribution in [3.05, 3.63) is 83.7 Å². The van der Waals surface area contributed by atoms with Crippen molar-refractivity contribution in [2.24, 2.45) is 7.05 Å². The summed E-state index contributed by atoms with van der Waals surface area (Å²) in [5, 5.41) is 3.66. The van der Waals surface area contributed by atoms with Gasteiger partial charge in [0.25, 0.3) is 0 Å². The first kappa shape index (κ1) is 28.4. The first-order valence-corrected chi connectivity index (χ1v) is 14.5. The number of rotatable bonds is 5. The van der Waals surface area contributed by atoms with E-state index >= 15 is 4.39 Å². The molecule has 43 heavy (non-hydrogen) atoms. The fourth-order valence-corrected chi connectivity index (χ4v) is 5.52. The molecule has 0 bridgehead atoms. The standard InChI is InChI=1S/C33H36FN7O2/c1-21-16-24(8-7-23(21)17-22-6-10-27-26(18-22)37-20-39(27)5)38-31-29-25(35-19-36-31)9-11-28(30(29)34)40-12-14-41(15-13-40)32(42)43-33(2,3)4/h6-11,16,18-20H,12-15,17H2,1-5H3,(H,35,36,38). The summed E-state index contributed by atoms with van der Waals surface area (Å²) in [5.74, 6) is 0.0223. The van der Waals surface area contributed by atoms with Crippen LogP contribution in [0, 0.1) is 12.7 Å². The van der Waals surface area contributed by atoms with E-state index in [9.17, 15) is 4.79 Å². The molecular formula is C33H36FN7O2. The third kappa shape index (κ3) is 5.95.